The van der Waals surface area contributed by atoms with Crippen LogP contribution in [0.2, 0.25) is 0 Å². The van der Waals surface area contributed by atoms with Crippen molar-refractivity contribution in [3.63, 3.8) is 0 Å². The summed E-state index contributed by atoms with van der Waals surface area (Å²) in [5.41, 5.74) is 0.440. The topological polar surface area (TPSA) is 130 Å². The predicted molar refractivity (Wildman–Crippen MR) is 71.9 cm³/mol. The third kappa shape index (κ3) is 3.23. The van der Waals surface area contributed by atoms with Crippen LogP contribution in [0.1, 0.15) is 23.5 Å². The molecule has 0 radical (unpaired) electrons. The highest BCUT2D eigenvalue weighted by Crippen LogP contribution is 2.22. The quantitative estimate of drug-likeness (QED) is 0.706. The Morgan fingerprint density at radius 1 is 1.24 bits per heavy atom. The lowest BCUT2D eigenvalue weighted by Crippen LogP contribution is -2.25. The van der Waals surface area contributed by atoms with E-state index < -0.39 is 15.9 Å². The molecule has 10 heteroatoms. The number of carbonyl (C=O) groups excluding carboxylic acids is 1. The SMILES string of the molecule is O=C(Nc1ccc(S(=O)(=O)NC2CC2)cc1)c1nn[nH]n1. The van der Waals surface area contributed by atoms with Crippen LogP contribution < -0.4 is 10.0 Å². The monoisotopic (exact) mass is 308 g/mol. The fourth-order valence-electron chi connectivity index (χ4n) is 1.65. The Labute approximate surface area is 120 Å². The van der Waals surface area contributed by atoms with Gasteiger partial charge in [-0.15, -0.1) is 10.2 Å². The third-order valence-corrected chi connectivity index (χ3v) is 4.41. The van der Waals surface area contributed by atoms with Crippen LogP contribution in [0.4, 0.5) is 5.69 Å². The minimum atomic E-state index is -3.49. The van der Waals surface area contributed by atoms with E-state index in [0.717, 1.165) is 12.8 Å². The molecule has 0 unspecified atom stereocenters. The molecule has 110 valence electrons. The van der Waals surface area contributed by atoms with Crippen molar-refractivity contribution < 1.29 is 13.2 Å². The van der Waals surface area contributed by atoms with Gasteiger partial charge in [0.25, 0.3) is 11.7 Å². The van der Waals surface area contributed by atoms with Gasteiger partial charge in [-0.3, -0.25) is 4.79 Å². The highest BCUT2D eigenvalue weighted by Gasteiger charge is 2.27. The van der Waals surface area contributed by atoms with Crippen molar-refractivity contribution in [2.45, 2.75) is 23.8 Å². The molecule has 1 fully saturated rings. The molecule has 1 heterocycles. The number of anilines is 1. The van der Waals surface area contributed by atoms with Crippen molar-refractivity contribution in [3.8, 4) is 0 Å². The molecule has 0 saturated heterocycles. The summed E-state index contributed by atoms with van der Waals surface area (Å²) in [4.78, 5) is 11.8. The molecule has 1 aromatic carbocycles. The lowest BCUT2D eigenvalue weighted by molar-refractivity contribution is 0.101. The Bertz CT molecular complexity index is 737. The van der Waals surface area contributed by atoms with Crippen molar-refractivity contribution in [2.24, 2.45) is 0 Å². The van der Waals surface area contributed by atoms with Gasteiger partial charge in [0, 0.05) is 11.7 Å². The highest BCUT2D eigenvalue weighted by atomic mass is 32.2. The largest absolute Gasteiger partial charge is 0.319 e. The smallest absolute Gasteiger partial charge is 0.297 e. The van der Waals surface area contributed by atoms with E-state index in [9.17, 15) is 13.2 Å². The number of nitrogens with one attached hydrogen (secondary N) is 3. The number of rotatable bonds is 5. The maximum Gasteiger partial charge on any atom is 0.297 e. The van der Waals surface area contributed by atoms with E-state index in [2.05, 4.69) is 30.7 Å². The Kier molecular flexibility index (Phi) is 3.39. The van der Waals surface area contributed by atoms with Gasteiger partial charge < -0.3 is 5.32 Å². The number of aromatic nitrogens is 4. The molecular formula is C11H12N6O3S. The summed E-state index contributed by atoms with van der Waals surface area (Å²) in [6, 6.07) is 5.90. The average Bonchev–Trinajstić information content (AvgIpc) is 3.08. The van der Waals surface area contributed by atoms with E-state index in [0.29, 0.717) is 5.69 Å². The number of nitrogens with zero attached hydrogens (tertiary/aromatic N) is 3. The van der Waals surface area contributed by atoms with Crippen LogP contribution in [0.3, 0.4) is 0 Å². The summed E-state index contributed by atoms with van der Waals surface area (Å²) >= 11 is 0. The number of benzene rings is 1. The number of tetrazole rings is 1. The second kappa shape index (κ2) is 5.22. The molecular weight excluding hydrogens is 296 g/mol. The first-order valence-corrected chi connectivity index (χ1v) is 7.70. The second-order valence-electron chi connectivity index (χ2n) is 4.61. The van der Waals surface area contributed by atoms with Gasteiger partial charge in [0.1, 0.15) is 0 Å². The summed E-state index contributed by atoms with van der Waals surface area (Å²) < 4.78 is 26.5. The van der Waals surface area contributed by atoms with Gasteiger partial charge in [0.2, 0.25) is 10.0 Å². The van der Waals surface area contributed by atoms with E-state index in [-0.39, 0.29) is 16.8 Å². The zero-order valence-electron chi connectivity index (χ0n) is 10.8. The molecule has 0 bridgehead atoms. The van der Waals surface area contributed by atoms with Crippen LogP contribution in [-0.2, 0) is 10.0 Å². The van der Waals surface area contributed by atoms with Gasteiger partial charge in [-0.25, -0.2) is 13.1 Å². The van der Waals surface area contributed by atoms with E-state index in [1.807, 2.05) is 0 Å². The zero-order chi connectivity index (χ0) is 14.9. The molecule has 2 aromatic rings. The number of H-pyrrole nitrogens is 1. The van der Waals surface area contributed by atoms with Crippen LogP contribution in [0.5, 0.6) is 0 Å². The molecule has 1 aliphatic carbocycles. The van der Waals surface area contributed by atoms with Crippen molar-refractivity contribution in [1.82, 2.24) is 25.3 Å². The fraction of sp³-hybridized carbons (Fsp3) is 0.273. The molecule has 3 rings (SSSR count). The average molecular weight is 308 g/mol. The van der Waals surface area contributed by atoms with Gasteiger partial charge in [-0.05, 0) is 42.3 Å². The van der Waals surface area contributed by atoms with Crippen LogP contribution in [0, 0.1) is 0 Å². The molecule has 3 N–H and O–H groups in total. The van der Waals surface area contributed by atoms with E-state index in [1.165, 1.54) is 24.3 Å². The second-order valence-corrected chi connectivity index (χ2v) is 6.32. The first kappa shape index (κ1) is 13.6. The fourth-order valence-corrected chi connectivity index (χ4v) is 2.96. The zero-order valence-corrected chi connectivity index (χ0v) is 11.6. The van der Waals surface area contributed by atoms with Gasteiger partial charge in [-0.1, -0.05) is 0 Å². The first-order valence-electron chi connectivity index (χ1n) is 6.22. The minimum absolute atomic E-state index is 0.0487. The third-order valence-electron chi connectivity index (χ3n) is 2.87. The van der Waals surface area contributed by atoms with Gasteiger partial charge >= 0.3 is 0 Å². The molecule has 1 amide bonds. The van der Waals surface area contributed by atoms with Gasteiger partial charge in [-0.2, -0.15) is 5.21 Å². The summed E-state index contributed by atoms with van der Waals surface area (Å²) in [5.74, 6) is -0.627. The Morgan fingerprint density at radius 2 is 1.95 bits per heavy atom. The lowest BCUT2D eigenvalue weighted by Gasteiger charge is -2.07. The van der Waals surface area contributed by atoms with Crippen LogP contribution in [0.25, 0.3) is 0 Å². The summed E-state index contributed by atoms with van der Waals surface area (Å²) in [7, 11) is -3.49. The standard InChI is InChI=1S/C11H12N6O3S/c18-11(10-13-16-17-14-10)12-7-3-5-9(6-4-7)21(19,20)15-8-1-2-8/h3-6,8,15H,1-2H2,(H,12,18)(H,13,14,16,17). The van der Waals surface area contributed by atoms with Crippen LogP contribution in [-0.4, -0.2) is 41.0 Å². The summed E-state index contributed by atoms with van der Waals surface area (Å²) in [5, 5.41) is 15.1. The van der Waals surface area contributed by atoms with E-state index in [4.69, 9.17) is 0 Å². The maximum atomic E-state index is 12.0. The van der Waals surface area contributed by atoms with Crippen LogP contribution >= 0.6 is 0 Å². The van der Waals surface area contributed by atoms with Gasteiger partial charge in [0.15, 0.2) is 0 Å². The minimum Gasteiger partial charge on any atom is -0.319 e. The molecule has 1 aliphatic rings. The number of aromatic amines is 1. The predicted octanol–water partition coefficient (Wildman–Crippen LogP) is -0.107. The maximum absolute atomic E-state index is 12.0. The summed E-state index contributed by atoms with van der Waals surface area (Å²) in [6.07, 6.45) is 1.75. The van der Waals surface area contributed by atoms with Gasteiger partial charge in [0.05, 0.1) is 4.90 Å². The first-order chi connectivity index (χ1) is 10.0. The Hall–Kier alpha value is -2.33. The molecule has 0 aliphatic heterocycles. The van der Waals surface area contributed by atoms with Crippen molar-refractivity contribution in [3.05, 3.63) is 30.1 Å². The number of carbonyl (C=O) groups is 1. The van der Waals surface area contributed by atoms with Crippen LogP contribution in [0.15, 0.2) is 29.2 Å². The van der Waals surface area contributed by atoms with Crippen molar-refractivity contribution in [1.29, 1.82) is 0 Å². The van der Waals surface area contributed by atoms with Crippen molar-refractivity contribution in [2.75, 3.05) is 5.32 Å². The number of amides is 1. The number of hydrogen-bond donors (Lipinski definition) is 3. The molecule has 0 atom stereocenters. The normalized spacial score (nSPS) is 14.9. The van der Waals surface area contributed by atoms with E-state index >= 15 is 0 Å². The molecule has 9 nitrogen and oxygen atoms in total. The molecule has 1 saturated carbocycles. The number of sulfonamides is 1. The van der Waals surface area contributed by atoms with E-state index in [1.54, 1.807) is 0 Å². The molecule has 21 heavy (non-hydrogen) atoms. The van der Waals surface area contributed by atoms with Crippen molar-refractivity contribution >= 4 is 21.6 Å². The molecule has 1 aromatic heterocycles. The highest BCUT2D eigenvalue weighted by molar-refractivity contribution is 7.89. The Morgan fingerprint density at radius 3 is 2.52 bits per heavy atom. The lowest BCUT2D eigenvalue weighted by atomic mass is 10.3. The summed E-state index contributed by atoms with van der Waals surface area (Å²) in [6.45, 7) is 0. The molecule has 0 spiro atoms. The Balaban J connectivity index is 1.70. The number of hydrogen-bond acceptors (Lipinski definition) is 6.